The van der Waals surface area contributed by atoms with Crippen molar-refractivity contribution in [2.24, 2.45) is 17.8 Å². The number of carbonyl (C=O) groups excluding carboxylic acids is 4. The van der Waals surface area contributed by atoms with Crippen LogP contribution in [0.15, 0.2) is 46.9 Å². The Labute approximate surface area is 200 Å². The van der Waals surface area contributed by atoms with Gasteiger partial charge in [-0.1, -0.05) is 22.9 Å². The maximum absolute atomic E-state index is 12.9. The molecular weight excluding hydrogens is 488 g/mol. The summed E-state index contributed by atoms with van der Waals surface area (Å²) in [6.07, 6.45) is 2.42. The minimum absolute atomic E-state index is 0.160. The first-order valence-electron chi connectivity index (χ1n) is 11.0. The molecule has 1 aliphatic carbocycles. The van der Waals surface area contributed by atoms with Gasteiger partial charge in [-0.3, -0.25) is 19.3 Å². The standard InChI is InChI=1S/C25H25BrN2O5/c1-14-3-9-19-20(11-14)24(31)28(23(19)30)18-7-4-16(5-8-18)25(32)33-13-22(29)27-21-10-6-17(26)12-15(21)2/h4-8,10,12,14,19-20H,3,9,11,13H2,1-2H3,(H,27,29)/t14-,19+,20-/m0/s1. The highest BCUT2D eigenvalue weighted by Crippen LogP contribution is 2.42. The van der Waals surface area contributed by atoms with Crippen LogP contribution in [0.5, 0.6) is 0 Å². The number of aryl methyl sites for hydroxylation is 1. The van der Waals surface area contributed by atoms with Crippen molar-refractivity contribution in [3.63, 3.8) is 0 Å². The Balaban J connectivity index is 1.36. The van der Waals surface area contributed by atoms with E-state index in [0.717, 1.165) is 29.3 Å². The Kier molecular flexibility index (Phi) is 6.65. The van der Waals surface area contributed by atoms with Gasteiger partial charge in [0.1, 0.15) is 0 Å². The van der Waals surface area contributed by atoms with Crippen molar-refractivity contribution < 1.29 is 23.9 Å². The smallest absolute Gasteiger partial charge is 0.338 e. The molecular formula is C25H25BrN2O5. The molecule has 1 N–H and O–H groups in total. The molecule has 3 amide bonds. The Morgan fingerprint density at radius 3 is 2.45 bits per heavy atom. The van der Waals surface area contributed by atoms with E-state index in [0.29, 0.717) is 17.3 Å². The van der Waals surface area contributed by atoms with Crippen molar-refractivity contribution in [1.29, 1.82) is 0 Å². The van der Waals surface area contributed by atoms with Gasteiger partial charge in [0.05, 0.1) is 23.1 Å². The molecule has 2 fully saturated rings. The summed E-state index contributed by atoms with van der Waals surface area (Å²) in [5.41, 5.74) is 2.20. The fraction of sp³-hybridized carbons (Fsp3) is 0.360. The summed E-state index contributed by atoms with van der Waals surface area (Å²) in [4.78, 5) is 51.4. The summed E-state index contributed by atoms with van der Waals surface area (Å²) in [5, 5.41) is 2.71. The Hall–Kier alpha value is -3.00. The number of hydrogen-bond donors (Lipinski definition) is 1. The highest BCUT2D eigenvalue weighted by molar-refractivity contribution is 9.10. The summed E-state index contributed by atoms with van der Waals surface area (Å²) in [6.45, 7) is 3.54. The highest BCUT2D eigenvalue weighted by atomic mass is 79.9. The number of esters is 1. The molecule has 33 heavy (non-hydrogen) atoms. The summed E-state index contributed by atoms with van der Waals surface area (Å²) in [6, 6.07) is 11.6. The van der Waals surface area contributed by atoms with E-state index < -0.39 is 18.5 Å². The molecule has 1 saturated carbocycles. The Bertz CT molecular complexity index is 1110. The molecule has 172 valence electrons. The molecule has 8 heteroatoms. The first-order valence-corrected chi connectivity index (χ1v) is 11.7. The lowest BCUT2D eigenvalue weighted by atomic mass is 9.76. The highest BCUT2D eigenvalue weighted by Gasteiger charge is 2.49. The van der Waals surface area contributed by atoms with E-state index in [4.69, 9.17) is 4.74 Å². The topological polar surface area (TPSA) is 92.8 Å². The van der Waals surface area contributed by atoms with Crippen molar-refractivity contribution >= 4 is 51.0 Å². The van der Waals surface area contributed by atoms with E-state index in [2.05, 4.69) is 28.2 Å². The van der Waals surface area contributed by atoms with Crippen LogP contribution in [0.3, 0.4) is 0 Å². The lowest BCUT2D eigenvalue weighted by molar-refractivity contribution is -0.122. The minimum atomic E-state index is -0.661. The SMILES string of the molecule is Cc1cc(Br)ccc1NC(=O)COC(=O)c1ccc(N2C(=O)[C@H]3C[C@@H](C)CC[C@H]3C2=O)cc1. The molecule has 0 radical (unpaired) electrons. The first-order chi connectivity index (χ1) is 15.7. The molecule has 0 spiro atoms. The van der Waals surface area contributed by atoms with Gasteiger partial charge in [-0.2, -0.15) is 0 Å². The van der Waals surface area contributed by atoms with Crippen LogP contribution in [0.4, 0.5) is 11.4 Å². The second-order valence-electron chi connectivity index (χ2n) is 8.77. The van der Waals surface area contributed by atoms with Gasteiger partial charge in [0.2, 0.25) is 11.8 Å². The largest absolute Gasteiger partial charge is 0.452 e. The third kappa shape index (κ3) is 4.85. The summed E-state index contributed by atoms with van der Waals surface area (Å²) < 4.78 is 6.02. The van der Waals surface area contributed by atoms with E-state index in [9.17, 15) is 19.2 Å². The number of imide groups is 1. The number of hydrogen-bond acceptors (Lipinski definition) is 5. The number of nitrogens with zero attached hydrogens (tertiary/aromatic N) is 1. The van der Waals surface area contributed by atoms with E-state index in [1.165, 1.54) is 17.0 Å². The summed E-state index contributed by atoms with van der Waals surface area (Å²) >= 11 is 3.37. The Morgan fingerprint density at radius 1 is 1.06 bits per heavy atom. The third-order valence-corrected chi connectivity index (χ3v) is 6.84. The number of carbonyl (C=O) groups is 4. The van der Waals surface area contributed by atoms with Crippen LogP contribution in [0.1, 0.15) is 42.1 Å². The molecule has 0 bridgehead atoms. The van der Waals surface area contributed by atoms with E-state index in [1.54, 1.807) is 18.2 Å². The van der Waals surface area contributed by atoms with Gasteiger partial charge in [0, 0.05) is 10.2 Å². The van der Waals surface area contributed by atoms with Gasteiger partial charge < -0.3 is 10.1 Å². The molecule has 2 aromatic rings. The predicted molar refractivity (Wildman–Crippen MR) is 127 cm³/mol. The van der Waals surface area contributed by atoms with E-state index in [1.807, 2.05) is 19.1 Å². The maximum atomic E-state index is 12.9. The second kappa shape index (κ2) is 9.47. The molecule has 3 atom stereocenters. The van der Waals surface area contributed by atoms with Gasteiger partial charge in [-0.15, -0.1) is 0 Å². The quantitative estimate of drug-likeness (QED) is 0.470. The molecule has 1 heterocycles. The van der Waals surface area contributed by atoms with E-state index >= 15 is 0 Å². The van der Waals surface area contributed by atoms with Gasteiger partial charge >= 0.3 is 5.97 Å². The van der Waals surface area contributed by atoms with Crippen molar-refractivity contribution in [1.82, 2.24) is 0 Å². The van der Waals surface area contributed by atoms with Crippen LogP contribution in [0.2, 0.25) is 0 Å². The van der Waals surface area contributed by atoms with E-state index in [-0.39, 0.29) is 29.2 Å². The van der Waals surface area contributed by atoms with Crippen LogP contribution in [0.25, 0.3) is 0 Å². The zero-order chi connectivity index (χ0) is 23.7. The number of ether oxygens (including phenoxy) is 1. The van der Waals surface area contributed by atoms with Crippen LogP contribution in [-0.2, 0) is 19.1 Å². The molecule has 7 nitrogen and oxygen atoms in total. The monoisotopic (exact) mass is 512 g/mol. The molecule has 2 aliphatic rings. The lowest BCUT2D eigenvalue weighted by Crippen LogP contribution is -2.30. The van der Waals surface area contributed by atoms with Crippen molar-refractivity contribution in [3.05, 3.63) is 58.1 Å². The summed E-state index contributed by atoms with van der Waals surface area (Å²) in [7, 11) is 0. The molecule has 0 aromatic heterocycles. The molecule has 1 saturated heterocycles. The fourth-order valence-corrected chi connectivity index (χ4v) is 5.03. The average molecular weight is 513 g/mol. The van der Waals surface area contributed by atoms with Crippen LogP contribution in [-0.4, -0.2) is 30.3 Å². The minimum Gasteiger partial charge on any atom is -0.452 e. The van der Waals surface area contributed by atoms with Crippen molar-refractivity contribution in [3.8, 4) is 0 Å². The number of nitrogens with one attached hydrogen (secondary N) is 1. The predicted octanol–water partition coefficient (Wildman–Crippen LogP) is 4.48. The normalized spacial score (nSPS) is 22.2. The number of rotatable bonds is 5. The van der Waals surface area contributed by atoms with Crippen molar-refractivity contribution in [2.45, 2.75) is 33.1 Å². The third-order valence-electron chi connectivity index (χ3n) is 6.35. The molecule has 0 unspecified atom stereocenters. The van der Waals surface area contributed by atoms with Gasteiger partial charge in [0.25, 0.3) is 5.91 Å². The van der Waals surface area contributed by atoms with Crippen LogP contribution in [0, 0.1) is 24.7 Å². The average Bonchev–Trinajstić information content (AvgIpc) is 3.03. The first kappa shape index (κ1) is 23.2. The Morgan fingerprint density at radius 2 is 1.76 bits per heavy atom. The second-order valence-corrected chi connectivity index (χ2v) is 9.69. The van der Waals surface area contributed by atoms with Crippen LogP contribution >= 0.6 is 15.9 Å². The summed E-state index contributed by atoms with van der Waals surface area (Å²) in [5.74, 6) is -1.49. The number of benzene rings is 2. The molecule has 1 aliphatic heterocycles. The fourth-order valence-electron chi connectivity index (χ4n) is 4.56. The number of anilines is 2. The zero-order valence-electron chi connectivity index (χ0n) is 18.5. The van der Waals surface area contributed by atoms with Crippen molar-refractivity contribution in [2.75, 3.05) is 16.8 Å². The maximum Gasteiger partial charge on any atom is 0.338 e. The van der Waals surface area contributed by atoms with Gasteiger partial charge in [0.15, 0.2) is 6.61 Å². The number of halogens is 1. The zero-order valence-corrected chi connectivity index (χ0v) is 20.1. The number of amides is 3. The molecule has 4 rings (SSSR count). The lowest BCUT2D eigenvalue weighted by Gasteiger charge is -2.25. The number of fused-ring (bicyclic) bond motifs is 1. The van der Waals surface area contributed by atoms with Crippen LogP contribution < -0.4 is 10.2 Å². The van der Waals surface area contributed by atoms with Gasteiger partial charge in [-0.05, 0) is 80.1 Å². The molecule has 2 aromatic carbocycles. The van der Waals surface area contributed by atoms with Gasteiger partial charge in [-0.25, -0.2) is 4.79 Å².